The van der Waals surface area contributed by atoms with Crippen LogP contribution in [0.5, 0.6) is 0 Å². The van der Waals surface area contributed by atoms with Crippen molar-refractivity contribution in [1.82, 2.24) is 5.32 Å². The number of carbonyl (C=O) groups excluding carboxylic acids is 1. The van der Waals surface area contributed by atoms with E-state index in [2.05, 4.69) is 43.5 Å². The van der Waals surface area contributed by atoms with Gasteiger partial charge in [0.15, 0.2) is 0 Å². The average molecular weight is 755 g/mol. The first-order chi connectivity index (χ1) is 25.0. The van der Waals surface area contributed by atoms with Crippen LogP contribution in [0.1, 0.15) is 181 Å². The number of aliphatic hydroxyl groups is 1. The van der Waals surface area contributed by atoms with Crippen molar-refractivity contribution >= 4 is 13.7 Å². The molecule has 0 aliphatic rings. The summed E-state index contributed by atoms with van der Waals surface area (Å²) < 4.78 is 23.1. The van der Waals surface area contributed by atoms with E-state index in [1.54, 1.807) is 6.08 Å². The first kappa shape index (κ1) is 50.7. The number of quaternary nitrogens is 1. The Morgan fingerprint density at radius 1 is 0.654 bits per heavy atom. The van der Waals surface area contributed by atoms with E-state index in [0.29, 0.717) is 17.4 Å². The Bertz CT molecular complexity index is 948. The van der Waals surface area contributed by atoms with Gasteiger partial charge in [0, 0.05) is 6.42 Å². The fraction of sp³-hybridized carbons (Fsp3) is 0.837. The zero-order chi connectivity index (χ0) is 38.6. The second kappa shape index (κ2) is 35.4. The van der Waals surface area contributed by atoms with E-state index in [1.807, 2.05) is 27.2 Å². The van der Waals surface area contributed by atoms with Gasteiger partial charge in [0.25, 0.3) is 7.82 Å². The minimum Gasteiger partial charge on any atom is -0.756 e. The fourth-order valence-electron chi connectivity index (χ4n) is 5.85. The van der Waals surface area contributed by atoms with Gasteiger partial charge in [0.1, 0.15) is 13.2 Å². The number of phosphoric ester groups is 1. The zero-order valence-corrected chi connectivity index (χ0v) is 35.4. The molecule has 9 heteroatoms. The number of carbonyl (C=O) groups is 1. The number of amides is 1. The third kappa shape index (κ3) is 37.1. The van der Waals surface area contributed by atoms with Crippen LogP contribution in [0.3, 0.4) is 0 Å². The fourth-order valence-corrected chi connectivity index (χ4v) is 6.58. The maximum absolute atomic E-state index is 12.8. The SMILES string of the molecule is CCCC/C=C\CCCCCCC(=O)NC(COP(=O)([O-])OCC[N+](C)(C)C)C(O)/C=C/CC/C=C/CCCCCCCCCCCCCCCC. The summed E-state index contributed by atoms with van der Waals surface area (Å²) >= 11 is 0. The van der Waals surface area contributed by atoms with Gasteiger partial charge in [-0.15, -0.1) is 0 Å². The standard InChI is InChI=1S/C43H83N2O6P/c1-6-8-10-12-14-16-18-19-20-21-22-23-24-25-26-27-28-30-32-34-36-42(46)41(40-51-52(48,49)50-39-38-45(3,4)5)44-43(47)37-35-33-31-29-17-15-13-11-9-7-2/h13,15,27-28,34,36,41-42,46H,6-12,14,16-26,29-33,35,37-40H2,1-5H3,(H-,44,47,48,49)/b15-13-,28-27+,36-34+. The van der Waals surface area contributed by atoms with Gasteiger partial charge < -0.3 is 28.8 Å². The Labute approximate surface area is 321 Å². The molecule has 3 atom stereocenters. The highest BCUT2D eigenvalue weighted by Gasteiger charge is 2.23. The number of hydrogen-bond donors (Lipinski definition) is 2. The van der Waals surface area contributed by atoms with Gasteiger partial charge in [0.05, 0.1) is 39.9 Å². The van der Waals surface area contributed by atoms with Crippen LogP contribution in [0.4, 0.5) is 0 Å². The van der Waals surface area contributed by atoms with Crippen LogP contribution < -0.4 is 10.2 Å². The molecule has 0 aliphatic heterocycles. The molecule has 1 amide bonds. The monoisotopic (exact) mass is 755 g/mol. The lowest BCUT2D eigenvalue weighted by Gasteiger charge is -2.29. The number of rotatable bonds is 38. The summed E-state index contributed by atoms with van der Waals surface area (Å²) in [7, 11) is 1.23. The van der Waals surface area contributed by atoms with Gasteiger partial charge in [0.2, 0.25) is 5.91 Å². The molecule has 0 aromatic carbocycles. The van der Waals surface area contributed by atoms with Gasteiger partial charge in [-0.2, -0.15) is 0 Å². The molecule has 8 nitrogen and oxygen atoms in total. The molecule has 0 aromatic rings. The Hall–Kier alpha value is -1.28. The van der Waals surface area contributed by atoms with Crippen LogP contribution in [-0.4, -0.2) is 68.5 Å². The van der Waals surface area contributed by atoms with Gasteiger partial charge in [-0.1, -0.05) is 159 Å². The summed E-state index contributed by atoms with van der Waals surface area (Å²) in [4.78, 5) is 25.2. The molecule has 0 radical (unpaired) electrons. The van der Waals surface area contributed by atoms with Gasteiger partial charge in [-0.3, -0.25) is 9.36 Å². The lowest BCUT2D eigenvalue weighted by molar-refractivity contribution is -0.870. The molecule has 0 spiro atoms. The summed E-state index contributed by atoms with van der Waals surface area (Å²) in [6, 6.07) is -0.905. The highest BCUT2D eigenvalue weighted by molar-refractivity contribution is 7.45. The van der Waals surface area contributed by atoms with Crippen molar-refractivity contribution in [3.8, 4) is 0 Å². The summed E-state index contributed by atoms with van der Waals surface area (Å²) in [5, 5.41) is 13.7. The van der Waals surface area contributed by atoms with E-state index in [4.69, 9.17) is 9.05 Å². The van der Waals surface area contributed by atoms with Crippen LogP contribution in [0, 0.1) is 0 Å². The smallest absolute Gasteiger partial charge is 0.268 e. The Balaban J connectivity index is 4.45. The van der Waals surface area contributed by atoms with Crippen molar-refractivity contribution in [2.24, 2.45) is 0 Å². The number of phosphoric acid groups is 1. The first-order valence-electron chi connectivity index (χ1n) is 21.4. The lowest BCUT2D eigenvalue weighted by Crippen LogP contribution is -2.45. The normalized spacial score (nSPS) is 14.8. The third-order valence-corrected chi connectivity index (χ3v) is 10.3. The number of likely N-dealkylation sites (N-methyl/N-ethyl adjacent to an activating group) is 1. The second-order valence-corrected chi connectivity index (χ2v) is 17.1. The Kier molecular flexibility index (Phi) is 34.6. The number of nitrogens with one attached hydrogen (secondary N) is 1. The number of nitrogens with zero attached hydrogens (tertiary/aromatic N) is 1. The molecular weight excluding hydrogens is 671 g/mol. The molecule has 306 valence electrons. The van der Waals surface area contributed by atoms with E-state index in [1.165, 1.54) is 103 Å². The maximum atomic E-state index is 12.8. The number of allylic oxidation sites excluding steroid dienone is 5. The van der Waals surface area contributed by atoms with Gasteiger partial charge in [-0.05, 0) is 51.4 Å². The maximum Gasteiger partial charge on any atom is 0.268 e. The van der Waals surface area contributed by atoms with E-state index >= 15 is 0 Å². The molecule has 0 rings (SSSR count). The Morgan fingerprint density at radius 2 is 1.10 bits per heavy atom. The zero-order valence-electron chi connectivity index (χ0n) is 34.5. The van der Waals surface area contributed by atoms with E-state index in [9.17, 15) is 19.4 Å². The number of aliphatic hydroxyl groups excluding tert-OH is 1. The minimum absolute atomic E-state index is 0.00872. The molecule has 0 fully saturated rings. The minimum atomic E-state index is -4.59. The molecular formula is C43H83N2O6P. The van der Waals surface area contributed by atoms with Crippen molar-refractivity contribution in [3.05, 3.63) is 36.5 Å². The molecule has 0 aromatic heterocycles. The van der Waals surface area contributed by atoms with Gasteiger partial charge in [-0.25, -0.2) is 0 Å². The third-order valence-electron chi connectivity index (χ3n) is 9.32. The predicted octanol–water partition coefficient (Wildman–Crippen LogP) is 10.9. The lowest BCUT2D eigenvalue weighted by atomic mass is 10.0. The first-order valence-corrected chi connectivity index (χ1v) is 22.8. The van der Waals surface area contributed by atoms with E-state index in [-0.39, 0.29) is 12.5 Å². The molecule has 0 saturated carbocycles. The molecule has 0 saturated heterocycles. The van der Waals surface area contributed by atoms with E-state index in [0.717, 1.165) is 57.8 Å². The summed E-state index contributed by atoms with van der Waals surface area (Å²) in [6.45, 7) is 4.56. The van der Waals surface area contributed by atoms with Crippen LogP contribution in [0.2, 0.25) is 0 Å². The largest absolute Gasteiger partial charge is 0.756 e. The topological polar surface area (TPSA) is 108 Å². The molecule has 3 unspecified atom stereocenters. The van der Waals surface area contributed by atoms with Crippen LogP contribution in [0.15, 0.2) is 36.5 Å². The van der Waals surface area contributed by atoms with Gasteiger partial charge >= 0.3 is 0 Å². The van der Waals surface area contributed by atoms with Crippen LogP contribution in [-0.2, 0) is 18.4 Å². The van der Waals surface area contributed by atoms with Crippen molar-refractivity contribution in [2.75, 3.05) is 40.9 Å². The van der Waals surface area contributed by atoms with Crippen molar-refractivity contribution in [2.45, 2.75) is 193 Å². The molecule has 0 heterocycles. The van der Waals surface area contributed by atoms with Crippen molar-refractivity contribution in [1.29, 1.82) is 0 Å². The summed E-state index contributed by atoms with van der Waals surface area (Å²) in [6.07, 6.45) is 42.0. The van der Waals surface area contributed by atoms with Crippen LogP contribution in [0.25, 0.3) is 0 Å². The number of unbranched alkanes of at least 4 members (excludes halogenated alkanes) is 21. The second-order valence-electron chi connectivity index (χ2n) is 15.7. The highest BCUT2D eigenvalue weighted by Crippen LogP contribution is 2.38. The molecule has 52 heavy (non-hydrogen) atoms. The van der Waals surface area contributed by atoms with Crippen LogP contribution >= 0.6 is 7.82 Å². The van der Waals surface area contributed by atoms with Crippen molar-refractivity contribution in [3.63, 3.8) is 0 Å². The molecule has 2 N–H and O–H groups in total. The summed E-state index contributed by atoms with van der Waals surface area (Å²) in [5.41, 5.74) is 0. The highest BCUT2D eigenvalue weighted by atomic mass is 31.2. The summed E-state index contributed by atoms with van der Waals surface area (Å²) in [5.74, 6) is -0.223. The quantitative estimate of drug-likeness (QED) is 0.0281. The Morgan fingerprint density at radius 3 is 1.62 bits per heavy atom. The molecule has 0 bridgehead atoms. The average Bonchev–Trinajstić information content (AvgIpc) is 3.09. The molecule has 0 aliphatic carbocycles. The van der Waals surface area contributed by atoms with E-state index < -0.39 is 26.6 Å². The number of hydrogen-bond acceptors (Lipinski definition) is 6. The van der Waals surface area contributed by atoms with Crippen molar-refractivity contribution < 1.29 is 32.9 Å². The predicted molar refractivity (Wildman–Crippen MR) is 219 cm³/mol.